The predicted molar refractivity (Wildman–Crippen MR) is 55.9 cm³/mol. The van der Waals surface area contributed by atoms with E-state index in [1.807, 2.05) is 6.92 Å². The van der Waals surface area contributed by atoms with Crippen molar-refractivity contribution in [1.82, 2.24) is 0 Å². The van der Waals surface area contributed by atoms with Gasteiger partial charge in [0.05, 0.1) is 6.10 Å². The van der Waals surface area contributed by atoms with E-state index in [9.17, 15) is 13.9 Å². The van der Waals surface area contributed by atoms with E-state index in [0.29, 0.717) is 6.42 Å². The zero-order valence-corrected chi connectivity index (χ0v) is 9.19. The maximum absolute atomic E-state index is 12.9. The van der Waals surface area contributed by atoms with E-state index in [2.05, 4.69) is 0 Å². The largest absolute Gasteiger partial charge is 0.388 e. The average molecular weight is 235 g/mol. The van der Waals surface area contributed by atoms with Crippen molar-refractivity contribution in [2.24, 2.45) is 0 Å². The number of hydrogen-bond donors (Lipinski definition) is 1. The fourth-order valence-electron chi connectivity index (χ4n) is 1.35. The number of benzene rings is 1. The monoisotopic (exact) mass is 234 g/mol. The van der Waals surface area contributed by atoms with Gasteiger partial charge in [0.15, 0.2) is 11.6 Å². The van der Waals surface area contributed by atoms with Crippen molar-refractivity contribution in [3.63, 3.8) is 0 Å². The number of aliphatic hydroxyl groups is 1. The van der Waals surface area contributed by atoms with Crippen LogP contribution in [0.1, 0.15) is 37.9 Å². The van der Waals surface area contributed by atoms with Crippen LogP contribution >= 0.6 is 11.6 Å². The fourth-order valence-corrected chi connectivity index (χ4v) is 1.62. The quantitative estimate of drug-likeness (QED) is 0.785. The molecule has 0 saturated heterocycles. The lowest BCUT2D eigenvalue weighted by Crippen LogP contribution is -2.00. The van der Waals surface area contributed by atoms with Crippen LogP contribution in [0.5, 0.6) is 0 Å². The summed E-state index contributed by atoms with van der Waals surface area (Å²) in [6.07, 6.45) is 1.42. The van der Waals surface area contributed by atoms with E-state index >= 15 is 0 Å². The molecule has 1 aromatic carbocycles. The van der Waals surface area contributed by atoms with E-state index in [1.165, 1.54) is 0 Å². The van der Waals surface area contributed by atoms with Crippen molar-refractivity contribution in [3.05, 3.63) is 34.4 Å². The summed E-state index contributed by atoms with van der Waals surface area (Å²) in [6, 6.07) is 1.85. The highest BCUT2D eigenvalue weighted by Gasteiger charge is 2.14. The van der Waals surface area contributed by atoms with E-state index in [-0.39, 0.29) is 10.6 Å². The molecule has 0 bridgehead atoms. The molecule has 1 N–H and O–H groups in total. The molecule has 1 atom stereocenters. The van der Waals surface area contributed by atoms with Crippen LogP contribution < -0.4 is 0 Å². The van der Waals surface area contributed by atoms with Crippen molar-refractivity contribution in [2.45, 2.75) is 32.3 Å². The number of hydrogen-bond acceptors (Lipinski definition) is 1. The summed E-state index contributed by atoms with van der Waals surface area (Å²) in [7, 11) is 0. The molecule has 1 aromatic rings. The van der Waals surface area contributed by atoms with Gasteiger partial charge in [-0.25, -0.2) is 8.78 Å². The normalized spacial score (nSPS) is 12.9. The summed E-state index contributed by atoms with van der Waals surface area (Å²) in [4.78, 5) is 0. The van der Waals surface area contributed by atoms with Crippen LogP contribution in [-0.4, -0.2) is 5.11 Å². The highest BCUT2D eigenvalue weighted by atomic mass is 35.5. The van der Waals surface area contributed by atoms with Gasteiger partial charge in [-0.2, -0.15) is 0 Å². The Kier molecular flexibility index (Phi) is 4.48. The molecular weight excluding hydrogens is 222 g/mol. The highest BCUT2D eigenvalue weighted by molar-refractivity contribution is 6.31. The Hall–Kier alpha value is -0.670. The van der Waals surface area contributed by atoms with Gasteiger partial charge in [-0.15, -0.1) is 0 Å². The van der Waals surface area contributed by atoms with Crippen LogP contribution in [0.25, 0.3) is 0 Å². The zero-order valence-electron chi connectivity index (χ0n) is 8.43. The molecule has 0 aliphatic rings. The van der Waals surface area contributed by atoms with Crippen molar-refractivity contribution in [2.75, 3.05) is 0 Å². The number of aliphatic hydroxyl groups excluding tert-OH is 1. The van der Waals surface area contributed by atoms with Crippen LogP contribution in [0, 0.1) is 11.6 Å². The van der Waals surface area contributed by atoms with E-state index in [1.54, 1.807) is 0 Å². The molecular formula is C11H13ClF2O. The van der Waals surface area contributed by atoms with Crippen molar-refractivity contribution in [1.29, 1.82) is 0 Å². The number of rotatable bonds is 4. The van der Waals surface area contributed by atoms with Crippen molar-refractivity contribution >= 4 is 11.6 Å². The van der Waals surface area contributed by atoms with Crippen LogP contribution in [0.2, 0.25) is 5.02 Å². The Morgan fingerprint density at radius 3 is 2.53 bits per heavy atom. The third kappa shape index (κ3) is 3.14. The highest BCUT2D eigenvalue weighted by Crippen LogP contribution is 2.28. The maximum atomic E-state index is 12.9. The van der Waals surface area contributed by atoms with Gasteiger partial charge in [0, 0.05) is 10.6 Å². The summed E-state index contributed by atoms with van der Waals surface area (Å²) in [5.41, 5.74) is 0.254. The van der Waals surface area contributed by atoms with E-state index < -0.39 is 17.7 Å². The van der Waals surface area contributed by atoms with E-state index in [4.69, 9.17) is 11.6 Å². The van der Waals surface area contributed by atoms with Crippen LogP contribution in [0.15, 0.2) is 12.1 Å². The summed E-state index contributed by atoms with van der Waals surface area (Å²) in [6.45, 7) is 1.99. The first-order valence-corrected chi connectivity index (χ1v) is 5.26. The molecule has 84 valence electrons. The molecule has 4 heteroatoms. The van der Waals surface area contributed by atoms with Gasteiger partial charge in [-0.1, -0.05) is 31.4 Å². The van der Waals surface area contributed by atoms with Crippen molar-refractivity contribution < 1.29 is 13.9 Å². The minimum Gasteiger partial charge on any atom is -0.388 e. The zero-order chi connectivity index (χ0) is 11.4. The second kappa shape index (κ2) is 5.42. The smallest absolute Gasteiger partial charge is 0.160 e. The first-order chi connectivity index (χ1) is 7.06. The Morgan fingerprint density at radius 1 is 1.33 bits per heavy atom. The van der Waals surface area contributed by atoms with Crippen molar-refractivity contribution in [3.8, 4) is 0 Å². The molecule has 0 aliphatic carbocycles. The molecule has 0 aliphatic heterocycles. The minimum atomic E-state index is -0.994. The topological polar surface area (TPSA) is 20.2 Å². The minimum absolute atomic E-state index is 0.0671. The van der Waals surface area contributed by atoms with Crippen LogP contribution in [0.4, 0.5) is 8.78 Å². The van der Waals surface area contributed by atoms with Gasteiger partial charge >= 0.3 is 0 Å². The third-order valence-electron chi connectivity index (χ3n) is 2.23. The molecule has 0 radical (unpaired) electrons. The SMILES string of the molecule is CCCCC(O)c1cc(F)c(F)cc1Cl. The average Bonchev–Trinajstić information content (AvgIpc) is 2.20. The standard InChI is InChI=1S/C11H13ClF2O/c1-2-3-4-11(15)7-5-9(13)10(14)6-8(7)12/h5-6,11,15H,2-4H2,1H3. The Balaban J connectivity index is 2.88. The molecule has 1 rings (SSSR count). The molecule has 0 aromatic heterocycles. The lowest BCUT2D eigenvalue weighted by molar-refractivity contribution is 0.164. The van der Waals surface area contributed by atoms with Crippen LogP contribution in [0.3, 0.4) is 0 Å². The predicted octanol–water partition coefficient (Wildman–Crippen LogP) is 3.84. The van der Waals surface area contributed by atoms with Gasteiger partial charge in [0.2, 0.25) is 0 Å². The molecule has 1 unspecified atom stereocenters. The summed E-state index contributed by atoms with van der Waals surface area (Å²) >= 11 is 5.71. The number of halogens is 3. The van der Waals surface area contributed by atoms with Gasteiger partial charge in [0.1, 0.15) is 0 Å². The first-order valence-electron chi connectivity index (χ1n) is 4.88. The molecule has 0 saturated carbocycles. The Labute approximate surface area is 92.7 Å². The summed E-state index contributed by atoms with van der Waals surface area (Å²) < 4.78 is 25.6. The molecule has 0 heterocycles. The summed E-state index contributed by atoms with van der Waals surface area (Å²) in [5, 5.41) is 9.74. The lowest BCUT2D eigenvalue weighted by atomic mass is 10.0. The summed E-state index contributed by atoms with van der Waals surface area (Å²) in [5.74, 6) is -1.98. The Morgan fingerprint density at radius 2 is 1.93 bits per heavy atom. The van der Waals surface area contributed by atoms with Gasteiger partial charge in [0.25, 0.3) is 0 Å². The Bertz CT molecular complexity index is 342. The molecule has 15 heavy (non-hydrogen) atoms. The molecule has 1 nitrogen and oxygen atoms in total. The molecule has 0 fully saturated rings. The number of unbranched alkanes of at least 4 members (excludes halogenated alkanes) is 1. The maximum Gasteiger partial charge on any atom is 0.160 e. The van der Waals surface area contributed by atoms with Gasteiger partial charge in [-0.05, 0) is 18.6 Å². The molecule has 0 spiro atoms. The van der Waals surface area contributed by atoms with E-state index in [0.717, 1.165) is 25.0 Å². The van der Waals surface area contributed by atoms with Gasteiger partial charge in [-0.3, -0.25) is 0 Å². The third-order valence-corrected chi connectivity index (χ3v) is 2.56. The fraction of sp³-hybridized carbons (Fsp3) is 0.455. The second-order valence-electron chi connectivity index (χ2n) is 3.45. The lowest BCUT2D eigenvalue weighted by Gasteiger charge is -2.12. The first kappa shape index (κ1) is 12.4. The second-order valence-corrected chi connectivity index (χ2v) is 3.85. The van der Waals surface area contributed by atoms with Gasteiger partial charge < -0.3 is 5.11 Å². The van der Waals surface area contributed by atoms with Crippen LogP contribution in [-0.2, 0) is 0 Å². The molecule has 0 amide bonds.